The smallest absolute Gasteiger partial charge is 0.237 e. The van der Waals surface area contributed by atoms with Crippen LogP contribution in [-0.4, -0.2) is 17.1 Å². The second-order valence-electron chi connectivity index (χ2n) is 3.80. The Morgan fingerprint density at radius 2 is 2.07 bits per heavy atom. The minimum absolute atomic E-state index is 0.113. The summed E-state index contributed by atoms with van der Waals surface area (Å²) in [6, 6.07) is 6.52. The third-order valence-corrected chi connectivity index (χ3v) is 2.73. The largest absolute Gasteiger partial charge is 0.508 e. The fraction of sp³-hybridized carbons (Fsp3) is 0.364. The predicted octanol–water partition coefficient (Wildman–Crippen LogP) is 0.671. The molecule has 1 fully saturated rings. The van der Waals surface area contributed by atoms with E-state index in [0.29, 0.717) is 6.42 Å². The second-order valence-corrected chi connectivity index (χ2v) is 3.80. The van der Waals surface area contributed by atoms with Crippen LogP contribution in [0.4, 0.5) is 0 Å². The monoisotopic (exact) mass is 206 g/mol. The molecule has 1 aromatic carbocycles. The van der Waals surface area contributed by atoms with Crippen molar-refractivity contribution in [3.8, 4) is 5.75 Å². The van der Waals surface area contributed by atoms with E-state index in [1.165, 1.54) is 0 Å². The summed E-state index contributed by atoms with van der Waals surface area (Å²) in [5.41, 5.74) is 6.34. The van der Waals surface area contributed by atoms with E-state index in [4.69, 9.17) is 5.73 Å². The lowest BCUT2D eigenvalue weighted by Crippen LogP contribution is -2.46. The molecule has 1 amide bonds. The van der Waals surface area contributed by atoms with Gasteiger partial charge in [0.2, 0.25) is 5.91 Å². The highest BCUT2D eigenvalue weighted by molar-refractivity contribution is 5.82. The van der Waals surface area contributed by atoms with Gasteiger partial charge < -0.3 is 16.2 Å². The molecule has 0 aliphatic carbocycles. The summed E-state index contributed by atoms with van der Waals surface area (Å²) < 4.78 is 0. The number of rotatable bonds is 1. The number of aromatic hydroxyl groups is 1. The van der Waals surface area contributed by atoms with Gasteiger partial charge in [0.1, 0.15) is 5.75 Å². The van der Waals surface area contributed by atoms with Gasteiger partial charge in [0.25, 0.3) is 0 Å². The molecule has 1 aliphatic rings. The SMILES string of the molecule is NC1CCC(c2ccccc2O)NC1=O. The lowest BCUT2D eigenvalue weighted by molar-refractivity contribution is -0.124. The molecular formula is C11H14N2O2. The van der Waals surface area contributed by atoms with Crippen LogP contribution in [-0.2, 0) is 4.79 Å². The summed E-state index contributed by atoms with van der Waals surface area (Å²) >= 11 is 0. The van der Waals surface area contributed by atoms with Crippen molar-refractivity contribution in [2.24, 2.45) is 5.73 Å². The fourth-order valence-electron chi connectivity index (χ4n) is 1.84. The molecular weight excluding hydrogens is 192 g/mol. The van der Waals surface area contributed by atoms with Crippen molar-refractivity contribution in [3.05, 3.63) is 29.8 Å². The Balaban J connectivity index is 2.19. The first-order chi connectivity index (χ1) is 7.18. The van der Waals surface area contributed by atoms with Crippen molar-refractivity contribution in [2.45, 2.75) is 24.9 Å². The highest BCUT2D eigenvalue weighted by Crippen LogP contribution is 2.29. The van der Waals surface area contributed by atoms with Crippen molar-refractivity contribution >= 4 is 5.91 Å². The third-order valence-electron chi connectivity index (χ3n) is 2.73. The Hall–Kier alpha value is -1.55. The van der Waals surface area contributed by atoms with Gasteiger partial charge in [-0.3, -0.25) is 4.79 Å². The predicted molar refractivity (Wildman–Crippen MR) is 56.2 cm³/mol. The van der Waals surface area contributed by atoms with E-state index in [0.717, 1.165) is 12.0 Å². The maximum atomic E-state index is 11.4. The number of hydrogen-bond donors (Lipinski definition) is 3. The van der Waals surface area contributed by atoms with Gasteiger partial charge >= 0.3 is 0 Å². The first-order valence-corrected chi connectivity index (χ1v) is 5.02. The Morgan fingerprint density at radius 1 is 1.33 bits per heavy atom. The molecule has 4 N–H and O–H groups in total. The van der Waals surface area contributed by atoms with Crippen LogP contribution in [0, 0.1) is 0 Å². The van der Waals surface area contributed by atoms with E-state index < -0.39 is 6.04 Å². The Morgan fingerprint density at radius 3 is 2.73 bits per heavy atom. The molecule has 0 radical (unpaired) electrons. The molecule has 4 nitrogen and oxygen atoms in total. The molecule has 1 aliphatic heterocycles. The zero-order chi connectivity index (χ0) is 10.8. The maximum Gasteiger partial charge on any atom is 0.237 e. The van der Waals surface area contributed by atoms with Crippen LogP contribution in [0.25, 0.3) is 0 Å². The minimum Gasteiger partial charge on any atom is -0.508 e. The number of nitrogens with two attached hydrogens (primary N) is 1. The van der Waals surface area contributed by atoms with Gasteiger partial charge in [0.05, 0.1) is 12.1 Å². The third kappa shape index (κ3) is 1.94. The van der Waals surface area contributed by atoms with Crippen molar-refractivity contribution < 1.29 is 9.90 Å². The number of nitrogens with one attached hydrogen (secondary N) is 1. The van der Waals surface area contributed by atoms with Crippen molar-refractivity contribution in [2.75, 3.05) is 0 Å². The number of carbonyl (C=O) groups excluding carboxylic acids is 1. The minimum atomic E-state index is -0.410. The van der Waals surface area contributed by atoms with Crippen molar-refractivity contribution in [3.63, 3.8) is 0 Å². The van der Waals surface area contributed by atoms with Gasteiger partial charge in [-0.2, -0.15) is 0 Å². The van der Waals surface area contributed by atoms with Crippen LogP contribution in [0.5, 0.6) is 5.75 Å². The van der Waals surface area contributed by atoms with Gasteiger partial charge in [-0.25, -0.2) is 0 Å². The Labute approximate surface area is 88.1 Å². The van der Waals surface area contributed by atoms with Gasteiger partial charge in [0.15, 0.2) is 0 Å². The number of carbonyl (C=O) groups is 1. The molecule has 15 heavy (non-hydrogen) atoms. The van der Waals surface area contributed by atoms with Gasteiger partial charge in [0, 0.05) is 5.56 Å². The summed E-state index contributed by atoms with van der Waals surface area (Å²) in [6.07, 6.45) is 1.43. The molecule has 1 saturated heterocycles. The molecule has 0 bridgehead atoms. The molecule has 0 saturated carbocycles. The molecule has 0 aromatic heterocycles. The quantitative estimate of drug-likeness (QED) is 0.632. The van der Waals surface area contributed by atoms with E-state index in [2.05, 4.69) is 5.32 Å². The summed E-state index contributed by atoms with van der Waals surface area (Å²) in [5.74, 6) is 0.0766. The number of phenolic OH excluding ortho intramolecular Hbond substituents is 1. The average Bonchev–Trinajstić information content (AvgIpc) is 2.23. The Kier molecular flexibility index (Phi) is 2.60. The standard InChI is InChI=1S/C11H14N2O2/c12-8-5-6-9(13-11(8)15)7-3-1-2-4-10(7)14/h1-4,8-9,14H,5-6,12H2,(H,13,15). The molecule has 80 valence electrons. The lowest BCUT2D eigenvalue weighted by Gasteiger charge is -2.27. The van der Waals surface area contributed by atoms with E-state index in [1.807, 2.05) is 12.1 Å². The zero-order valence-corrected chi connectivity index (χ0v) is 8.31. The number of piperidine rings is 1. The van der Waals surface area contributed by atoms with E-state index in [9.17, 15) is 9.90 Å². The van der Waals surface area contributed by atoms with Crippen LogP contribution in [0.3, 0.4) is 0 Å². The topological polar surface area (TPSA) is 75.3 Å². The maximum absolute atomic E-state index is 11.4. The molecule has 2 unspecified atom stereocenters. The van der Waals surface area contributed by atoms with Crippen LogP contribution < -0.4 is 11.1 Å². The van der Waals surface area contributed by atoms with Crippen LogP contribution in [0.2, 0.25) is 0 Å². The summed E-state index contributed by atoms with van der Waals surface area (Å²) in [7, 11) is 0. The van der Waals surface area contributed by atoms with Crippen LogP contribution in [0.15, 0.2) is 24.3 Å². The summed E-state index contributed by atoms with van der Waals surface area (Å²) in [4.78, 5) is 11.4. The van der Waals surface area contributed by atoms with E-state index in [1.54, 1.807) is 12.1 Å². The number of para-hydroxylation sites is 1. The van der Waals surface area contributed by atoms with Crippen molar-refractivity contribution in [1.82, 2.24) is 5.32 Å². The number of benzene rings is 1. The number of amides is 1. The number of hydrogen-bond acceptors (Lipinski definition) is 3. The molecule has 0 spiro atoms. The van der Waals surface area contributed by atoms with Gasteiger partial charge in [-0.15, -0.1) is 0 Å². The second kappa shape index (κ2) is 3.90. The van der Waals surface area contributed by atoms with Crippen LogP contribution in [0.1, 0.15) is 24.4 Å². The first-order valence-electron chi connectivity index (χ1n) is 5.02. The first kappa shape index (κ1) is 9.98. The highest BCUT2D eigenvalue weighted by Gasteiger charge is 2.26. The average molecular weight is 206 g/mol. The molecule has 4 heteroatoms. The summed E-state index contributed by atoms with van der Waals surface area (Å²) in [6.45, 7) is 0. The zero-order valence-electron chi connectivity index (χ0n) is 8.31. The lowest BCUT2D eigenvalue weighted by atomic mass is 9.94. The highest BCUT2D eigenvalue weighted by atomic mass is 16.3. The fourth-order valence-corrected chi connectivity index (χ4v) is 1.84. The molecule has 2 rings (SSSR count). The van der Waals surface area contributed by atoms with Crippen molar-refractivity contribution in [1.29, 1.82) is 0 Å². The Bertz CT molecular complexity index is 379. The normalized spacial score (nSPS) is 26.1. The molecule has 2 atom stereocenters. The molecule has 1 aromatic rings. The van der Waals surface area contributed by atoms with E-state index in [-0.39, 0.29) is 17.7 Å². The number of phenols is 1. The van der Waals surface area contributed by atoms with Gasteiger partial charge in [-0.05, 0) is 18.9 Å². The molecule has 1 heterocycles. The summed E-state index contributed by atoms with van der Waals surface area (Å²) in [5, 5.41) is 12.4. The van der Waals surface area contributed by atoms with Gasteiger partial charge in [-0.1, -0.05) is 18.2 Å². The van der Waals surface area contributed by atoms with E-state index >= 15 is 0 Å². The van der Waals surface area contributed by atoms with Crippen LogP contribution >= 0.6 is 0 Å².